The number of nitrogens with one attached hydrogen (secondary N) is 1. The predicted molar refractivity (Wildman–Crippen MR) is 78.6 cm³/mol. The molecule has 0 amide bonds. The van der Waals surface area contributed by atoms with Crippen LogP contribution in [0.2, 0.25) is 0 Å². The summed E-state index contributed by atoms with van der Waals surface area (Å²) in [6.07, 6.45) is 4.38. The minimum absolute atomic E-state index is 0.169. The molecule has 0 aliphatic carbocycles. The van der Waals surface area contributed by atoms with Crippen LogP contribution in [0.5, 0.6) is 0 Å². The van der Waals surface area contributed by atoms with E-state index < -0.39 is 0 Å². The smallest absolute Gasteiger partial charge is 0.0683 e. The highest BCUT2D eigenvalue weighted by molar-refractivity contribution is 7.10. The zero-order valence-electron chi connectivity index (χ0n) is 11.7. The van der Waals surface area contributed by atoms with Gasteiger partial charge in [-0.3, -0.25) is 0 Å². The van der Waals surface area contributed by atoms with Gasteiger partial charge in [0.15, 0.2) is 0 Å². The average molecular weight is 264 g/mol. The fourth-order valence-corrected chi connectivity index (χ4v) is 2.85. The fraction of sp³-hybridized carbons (Fsp3) is 0.667. The standard InChI is InChI=1S/C15H24N2S/c1-4-13(14-8-7-11-18-14)17-10-6-5-9-15(2,3)12-16/h7-8,11,13,17H,4-6,9-10H2,1-3H3. The van der Waals surface area contributed by atoms with Gasteiger partial charge >= 0.3 is 0 Å². The van der Waals surface area contributed by atoms with Gasteiger partial charge < -0.3 is 5.32 Å². The Morgan fingerprint density at radius 2 is 2.22 bits per heavy atom. The van der Waals surface area contributed by atoms with E-state index in [9.17, 15) is 0 Å². The van der Waals surface area contributed by atoms with Crippen LogP contribution in [-0.2, 0) is 0 Å². The topological polar surface area (TPSA) is 35.8 Å². The first-order valence-corrected chi connectivity index (χ1v) is 7.65. The molecule has 1 rings (SSSR count). The highest BCUT2D eigenvalue weighted by Crippen LogP contribution is 2.23. The molecule has 0 radical (unpaired) electrons. The normalized spacial score (nSPS) is 13.2. The average Bonchev–Trinajstić information content (AvgIpc) is 2.87. The molecule has 1 atom stereocenters. The molecular formula is C15H24N2S. The molecule has 0 saturated heterocycles. The molecular weight excluding hydrogens is 240 g/mol. The molecule has 0 fully saturated rings. The van der Waals surface area contributed by atoms with Crippen molar-refractivity contribution in [3.05, 3.63) is 22.4 Å². The quantitative estimate of drug-likeness (QED) is 0.701. The molecule has 2 nitrogen and oxygen atoms in total. The second kappa shape index (κ2) is 7.56. The highest BCUT2D eigenvalue weighted by Gasteiger charge is 2.15. The Labute approximate surface area is 115 Å². The van der Waals surface area contributed by atoms with Crippen molar-refractivity contribution < 1.29 is 0 Å². The fourth-order valence-electron chi connectivity index (χ4n) is 1.96. The van der Waals surface area contributed by atoms with Crippen LogP contribution in [0, 0.1) is 16.7 Å². The largest absolute Gasteiger partial charge is 0.309 e. The lowest BCUT2D eigenvalue weighted by atomic mass is 9.89. The molecule has 18 heavy (non-hydrogen) atoms. The van der Waals surface area contributed by atoms with E-state index in [0.717, 1.165) is 32.2 Å². The van der Waals surface area contributed by atoms with Gasteiger partial charge in [-0.25, -0.2) is 0 Å². The van der Waals surface area contributed by atoms with Crippen molar-refractivity contribution in [3.63, 3.8) is 0 Å². The molecule has 1 N–H and O–H groups in total. The summed E-state index contributed by atoms with van der Waals surface area (Å²) in [6.45, 7) is 7.29. The predicted octanol–water partition coefficient (Wildman–Crippen LogP) is 4.51. The first-order chi connectivity index (χ1) is 8.59. The summed E-state index contributed by atoms with van der Waals surface area (Å²) in [5, 5.41) is 14.7. The van der Waals surface area contributed by atoms with Crippen molar-refractivity contribution in [1.29, 1.82) is 5.26 Å². The number of unbranched alkanes of at least 4 members (excludes halogenated alkanes) is 1. The molecule has 100 valence electrons. The lowest BCUT2D eigenvalue weighted by Gasteiger charge is -2.17. The van der Waals surface area contributed by atoms with Crippen LogP contribution in [0.4, 0.5) is 0 Å². The van der Waals surface area contributed by atoms with E-state index in [1.165, 1.54) is 4.88 Å². The summed E-state index contributed by atoms with van der Waals surface area (Å²) in [5.41, 5.74) is -0.169. The van der Waals surface area contributed by atoms with Gasteiger partial charge in [0, 0.05) is 10.9 Å². The summed E-state index contributed by atoms with van der Waals surface area (Å²) in [6, 6.07) is 7.16. The maximum absolute atomic E-state index is 8.94. The van der Waals surface area contributed by atoms with Crippen LogP contribution >= 0.6 is 11.3 Å². The van der Waals surface area contributed by atoms with Crippen molar-refractivity contribution in [2.45, 2.75) is 52.5 Å². The van der Waals surface area contributed by atoms with E-state index in [2.05, 4.69) is 35.8 Å². The van der Waals surface area contributed by atoms with E-state index in [1.54, 1.807) is 0 Å². The second-order valence-electron chi connectivity index (χ2n) is 5.38. The maximum atomic E-state index is 8.94. The summed E-state index contributed by atoms with van der Waals surface area (Å²) >= 11 is 1.82. The Balaban J connectivity index is 2.20. The Kier molecular flexibility index (Phi) is 6.38. The highest BCUT2D eigenvalue weighted by atomic mass is 32.1. The number of nitrogens with zero attached hydrogens (tertiary/aromatic N) is 1. The summed E-state index contributed by atoms with van der Waals surface area (Å²) < 4.78 is 0. The van der Waals surface area contributed by atoms with Crippen LogP contribution < -0.4 is 5.32 Å². The zero-order valence-corrected chi connectivity index (χ0v) is 12.5. The summed E-state index contributed by atoms with van der Waals surface area (Å²) in [5.74, 6) is 0. The van der Waals surface area contributed by atoms with Gasteiger partial charge in [0.1, 0.15) is 0 Å². The Bertz CT molecular complexity index is 362. The van der Waals surface area contributed by atoms with Crippen molar-refractivity contribution >= 4 is 11.3 Å². The molecule has 3 heteroatoms. The molecule has 0 aliphatic heterocycles. The van der Waals surface area contributed by atoms with Crippen LogP contribution in [0.15, 0.2) is 17.5 Å². The molecule has 0 spiro atoms. The molecule has 0 saturated carbocycles. The first-order valence-electron chi connectivity index (χ1n) is 6.77. The molecule has 0 aliphatic rings. The van der Waals surface area contributed by atoms with Gasteiger partial charge in [-0.1, -0.05) is 19.4 Å². The van der Waals surface area contributed by atoms with Gasteiger partial charge in [0.2, 0.25) is 0 Å². The lowest BCUT2D eigenvalue weighted by Crippen LogP contribution is -2.21. The monoisotopic (exact) mass is 264 g/mol. The molecule has 1 unspecified atom stereocenters. The van der Waals surface area contributed by atoms with Crippen molar-refractivity contribution in [3.8, 4) is 6.07 Å². The zero-order chi connectivity index (χ0) is 13.4. The van der Waals surface area contributed by atoms with Gasteiger partial charge in [-0.15, -0.1) is 11.3 Å². The van der Waals surface area contributed by atoms with E-state index >= 15 is 0 Å². The molecule has 1 aromatic heterocycles. The number of hydrogen-bond acceptors (Lipinski definition) is 3. The number of thiophene rings is 1. The van der Waals surface area contributed by atoms with Crippen LogP contribution in [0.1, 0.15) is 57.4 Å². The maximum Gasteiger partial charge on any atom is 0.0683 e. The van der Waals surface area contributed by atoms with Gasteiger partial charge in [-0.05, 0) is 51.1 Å². The Morgan fingerprint density at radius 1 is 1.44 bits per heavy atom. The third-order valence-corrected chi connectivity index (χ3v) is 4.20. The molecule has 1 heterocycles. The van der Waals surface area contributed by atoms with E-state index in [-0.39, 0.29) is 5.41 Å². The number of nitriles is 1. The number of rotatable bonds is 8. The minimum Gasteiger partial charge on any atom is -0.309 e. The van der Waals surface area contributed by atoms with Crippen molar-refractivity contribution in [2.24, 2.45) is 5.41 Å². The molecule has 1 aromatic rings. The first kappa shape index (κ1) is 15.2. The molecule has 0 bridgehead atoms. The van der Waals surface area contributed by atoms with Crippen LogP contribution in [-0.4, -0.2) is 6.54 Å². The Morgan fingerprint density at radius 3 is 2.78 bits per heavy atom. The number of hydrogen-bond donors (Lipinski definition) is 1. The van der Waals surface area contributed by atoms with Crippen LogP contribution in [0.3, 0.4) is 0 Å². The second-order valence-corrected chi connectivity index (χ2v) is 6.36. The summed E-state index contributed by atoms with van der Waals surface area (Å²) in [4.78, 5) is 1.43. The van der Waals surface area contributed by atoms with Crippen molar-refractivity contribution in [1.82, 2.24) is 5.32 Å². The third-order valence-electron chi connectivity index (χ3n) is 3.22. The third kappa shape index (κ3) is 5.20. The van der Waals surface area contributed by atoms with Crippen LogP contribution in [0.25, 0.3) is 0 Å². The van der Waals surface area contributed by atoms with E-state index in [0.29, 0.717) is 6.04 Å². The summed E-state index contributed by atoms with van der Waals surface area (Å²) in [7, 11) is 0. The Hall–Kier alpha value is -0.850. The van der Waals surface area contributed by atoms with Gasteiger partial charge in [-0.2, -0.15) is 5.26 Å². The van der Waals surface area contributed by atoms with E-state index in [1.807, 2.05) is 25.2 Å². The molecule has 0 aromatic carbocycles. The van der Waals surface area contributed by atoms with Gasteiger partial charge in [0.05, 0.1) is 11.5 Å². The van der Waals surface area contributed by atoms with Crippen molar-refractivity contribution in [2.75, 3.05) is 6.54 Å². The minimum atomic E-state index is -0.169. The van der Waals surface area contributed by atoms with Gasteiger partial charge in [0.25, 0.3) is 0 Å². The SMILES string of the molecule is CCC(NCCCCC(C)(C)C#N)c1cccs1. The van der Waals surface area contributed by atoms with E-state index in [4.69, 9.17) is 5.26 Å². The lowest BCUT2D eigenvalue weighted by molar-refractivity contribution is 0.414.